The van der Waals surface area contributed by atoms with Crippen LogP contribution in [0.25, 0.3) is 11.4 Å². The van der Waals surface area contributed by atoms with E-state index in [9.17, 15) is 14.7 Å². The highest BCUT2D eigenvalue weighted by Gasteiger charge is 2.31. The first-order valence-electron chi connectivity index (χ1n) is 11.1. The highest BCUT2D eigenvalue weighted by molar-refractivity contribution is 5.70. The number of nitrogens with zero attached hydrogens (tertiary/aromatic N) is 4. The maximum Gasteiger partial charge on any atom is 0.407 e. The molecule has 10 nitrogen and oxygen atoms in total. The number of hydrogen-bond donors (Lipinski definition) is 2. The number of aliphatic carboxylic acids is 1. The Labute approximate surface area is 196 Å². The van der Waals surface area contributed by atoms with Crippen LogP contribution in [-0.4, -0.2) is 43.3 Å². The van der Waals surface area contributed by atoms with Crippen LogP contribution >= 0.6 is 0 Å². The number of rotatable bonds is 8. The number of nitrogens with one attached hydrogen (secondary N) is 1. The van der Waals surface area contributed by atoms with Crippen molar-refractivity contribution < 1.29 is 24.2 Å². The molecule has 4 rings (SSSR count). The fourth-order valence-corrected chi connectivity index (χ4v) is 3.96. The van der Waals surface area contributed by atoms with Gasteiger partial charge in [0.2, 0.25) is 0 Å². The molecule has 0 saturated heterocycles. The number of aryl methyl sites for hydroxylation is 2. The van der Waals surface area contributed by atoms with Crippen LogP contribution in [0.5, 0.6) is 5.75 Å². The number of carbonyl (C=O) groups is 2. The zero-order chi connectivity index (χ0) is 24.1. The molecule has 1 fully saturated rings. The summed E-state index contributed by atoms with van der Waals surface area (Å²) in [7, 11) is 1.74. The van der Waals surface area contributed by atoms with E-state index in [0.29, 0.717) is 47.8 Å². The van der Waals surface area contributed by atoms with Crippen LogP contribution in [0.15, 0.2) is 42.5 Å². The van der Waals surface area contributed by atoms with Crippen molar-refractivity contribution in [2.75, 3.05) is 0 Å². The van der Waals surface area contributed by atoms with E-state index in [1.807, 2.05) is 43.3 Å². The van der Waals surface area contributed by atoms with Crippen LogP contribution in [0.3, 0.4) is 0 Å². The zero-order valence-corrected chi connectivity index (χ0v) is 19.1. The quantitative estimate of drug-likeness (QED) is 0.519. The maximum absolute atomic E-state index is 12.1. The van der Waals surface area contributed by atoms with Crippen molar-refractivity contribution >= 4 is 12.1 Å². The Morgan fingerprint density at radius 2 is 1.97 bits per heavy atom. The van der Waals surface area contributed by atoms with Crippen molar-refractivity contribution in [2.45, 2.75) is 45.4 Å². The van der Waals surface area contributed by atoms with Gasteiger partial charge in [0, 0.05) is 7.05 Å². The zero-order valence-electron chi connectivity index (χ0n) is 19.1. The van der Waals surface area contributed by atoms with Crippen LogP contribution in [-0.2, 0) is 29.7 Å². The highest BCUT2D eigenvalue weighted by Crippen LogP contribution is 2.31. The lowest BCUT2D eigenvalue weighted by molar-refractivity contribution is -0.141. The normalized spacial score (nSPS) is 17.4. The fourth-order valence-electron chi connectivity index (χ4n) is 3.96. The second-order valence-electron chi connectivity index (χ2n) is 8.29. The number of carboxylic acid groups (broad SMARTS) is 1. The Hall–Kier alpha value is -3.95. The lowest BCUT2D eigenvalue weighted by Crippen LogP contribution is -2.25. The van der Waals surface area contributed by atoms with E-state index in [-0.39, 0.29) is 25.2 Å². The van der Waals surface area contributed by atoms with Crippen molar-refractivity contribution in [3.05, 3.63) is 59.4 Å². The smallest absolute Gasteiger partial charge is 0.407 e. The second-order valence-corrected chi connectivity index (χ2v) is 8.29. The lowest BCUT2D eigenvalue weighted by Gasteiger charge is -2.15. The van der Waals surface area contributed by atoms with E-state index in [0.717, 1.165) is 5.56 Å². The van der Waals surface area contributed by atoms with E-state index >= 15 is 0 Å². The third-order valence-electron chi connectivity index (χ3n) is 5.86. The van der Waals surface area contributed by atoms with Gasteiger partial charge in [-0.15, -0.1) is 5.10 Å². The number of carbonyl (C=O) groups excluding carboxylic acids is 1. The third-order valence-corrected chi connectivity index (χ3v) is 5.86. The summed E-state index contributed by atoms with van der Waals surface area (Å²) < 4.78 is 12.9. The van der Waals surface area contributed by atoms with Gasteiger partial charge < -0.3 is 19.9 Å². The van der Waals surface area contributed by atoms with Gasteiger partial charge >= 0.3 is 12.1 Å². The van der Waals surface area contributed by atoms with Crippen molar-refractivity contribution in [2.24, 2.45) is 13.0 Å². The van der Waals surface area contributed by atoms with Gasteiger partial charge in [-0.05, 0) is 43.9 Å². The number of hydrogen-bond acceptors (Lipinski definition) is 7. The van der Waals surface area contributed by atoms with E-state index in [1.165, 1.54) is 0 Å². The Kier molecular flexibility index (Phi) is 7.05. The number of carboxylic acids is 1. The van der Waals surface area contributed by atoms with Gasteiger partial charge in [0.25, 0.3) is 0 Å². The molecule has 2 N–H and O–H groups in total. The van der Waals surface area contributed by atoms with Crippen molar-refractivity contribution in [3.63, 3.8) is 0 Å². The van der Waals surface area contributed by atoms with Gasteiger partial charge in [0.05, 0.1) is 35.6 Å². The molecule has 10 heteroatoms. The number of amides is 1. The average molecular weight is 466 g/mol. The summed E-state index contributed by atoms with van der Waals surface area (Å²) in [5.74, 6) is -0.511. The van der Waals surface area contributed by atoms with Gasteiger partial charge in [0.15, 0.2) is 0 Å². The highest BCUT2D eigenvalue weighted by atomic mass is 16.5. The Morgan fingerprint density at radius 3 is 2.68 bits per heavy atom. The molecule has 2 atom stereocenters. The summed E-state index contributed by atoms with van der Waals surface area (Å²) in [6, 6.07) is 13.0. The molecule has 178 valence electrons. The molecule has 1 aromatic carbocycles. The average Bonchev–Trinajstić information content (AvgIpc) is 3.45. The fraction of sp³-hybridized carbons (Fsp3) is 0.375. The van der Waals surface area contributed by atoms with Gasteiger partial charge in [0.1, 0.15) is 18.1 Å². The molecular formula is C24H27N5O5. The van der Waals surface area contributed by atoms with E-state index in [1.54, 1.807) is 17.8 Å². The molecule has 0 aliphatic heterocycles. The van der Waals surface area contributed by atoms with Gasteiger partial charge in [-0.2, -0.15) is 0 Å². The van der Waals surface area contributed by atoms with E-state index < -0.39 is 12.1 Å². The number of alkyl carbamates (subject to hydrolysis) is 1. The standard InChI is InChI=1S/C24H27N5O5/c1-15-21(34-18-9-8-17(12-18)23(30)31)11-10-19(26-15)22-20(29(2)28-27-22)13-25-24(32)33-14-16-6-4-3-5-7-16/h3-7,10-11,17-18H,8-9,12-14H2,1-2H3,(H,25,32)(H,30,31)/t17-,18-/m0/s1. The van der Waals surface area contributed by atoms with Crippen LogP contribution in [0.1, 0.15) is 36.2 Å². The van der Waals surface area contributed by atoms with Gasteiger partial charge in [-0.3, -0.25) is 4.79 Å². The summed E-state index contributed by atoms with van der Waals surface area (Å²) in [4.78, 5) is 27.9. The topological polar surface area (TPSA) is 128 Å². The predicted molar refractivity (Wildman–Crippen MR) is 122 cm³/mol. The molecule has 1 aliphatic carbocycles. The Morgan fingerprint density at radius 1 is 1.18 bits per heavy atom. The van der Waals surface area contributed by atoms with Crippen LogP contribution < -0.4 is 10.1 Å². The Balaban J connectivity index is 1.38. The number of benzene rings is 1. The summed E-state index contributed by atoms with van der Waals surface area (Å²) in [5.41, 5.74) is 3.40. The molecule has 1 aliphatic rings. The predicted octanol–water partition coefficient (Wildman–Crippen LogP) is 3.24. The molecule has 34 heavy (non-hydrogen) atoms. The number of ether oxygens (including phenoxy) is 2. The molecule has 1 amide bonds. The minimum Gasteiger partial charge on any atom is -0.489 e. The van der Waals surface area contributed by atoms with Crippen LogP contribution in [0.4, 0.5) is 4.79 Å². The Bertz CT molecular complexity index is 1160. The molecule has 3 aromatic rings. The summed E-state index contributed by atoms with van der Waals surface area (Å²) in [6.45, 7) is 2.18. The van der Waals surface area contributed by atoms with E-state index in [2.05, 4.69) is 20.6 Å². The first-order valence-corrected chi connectivity index (χ1v) is 11.1. The molecule has 1 saturated carbocycles. The SMILES string of the molecule is Cc1nc(-c2nnn(C)c2CNC(=O)OCc2ccccc2)ccc1O[C@H]1CC[C@H](C(=O)O)C1. The summed E-state index contributed by atoms with van der Waals surface area (Å²) >= 11 is 0. The van der Waals surface area contributed by atoms with Crippen molar-refractivity contribution in [3.8, 4) is 17.1 Å². The summed E-state index contributed by atoms with van der Waals surface area (Å²) in [6.07, 6.45) is 1.15. The minimum absolute atomic E-state index is 0.134. The van der Waals surface area contributed by atoms with Gasteiger partial charge in [-0.25, -0.2) is 14.5 Å². The van der Waals surface area contributed by atoms with Gasteiger partial charge in [-0.1, -0.05) is 35.5 Å². The minimum atomic E-state index is -0.774. The number of aromatic nitrogens is 4. The largest absolute Gasteiger partial charge is 0.489 e. The van der Waals surface area contributed by atoms with E-state index in [4.69, 9.17) is 9.47 Å². The lowest BCUT2D eigenvalue weighted by atomic mass is 10.1. The first-order chi connectivity index (χ1) is 16.4. The first kappa shape index (κ1) is 23.2. The molecule has 2 aromatic heterocycles. The molecule has 2 heterocycles. The number of pyridine rings is 1. The van der Waals surface area contributed by atoms with Crippen molar-refractivity contribution in [1.29, 1.82) is 0 Å². The molecule has 0 bridgehead atoms. The molecule has 0 spiro atoms. The second kappa shape index (κ2) is 10.3. The molecular weight excluding hydrogens is 438 g/mol. The summed E-state index contributed by atoms with van der Waals surface area (Å²) in [5, 5.41) is 20.2. The van der Waals surface area contributed by atoms with Crippen LogP contribution in [0, 0.1) is 12.8 Å². The molecule has 0 unspecified atom stereocenters. The monoisotopic (exact) mass is 465 g/mol. The maximum atomic E-state index is 12.1. The van der Waals surface area contributed by atoms with Crippen LogP contribution in [0.2, 0.25) is 0 Å². The van der Waals surface area contributed by atoms with Crippen molar-refractivity contribution in [1.82, 2.24) is 25.3 Å². The third kappa shape index (κ3) is 5.51. The molecule has 0 radical (unpaired) electrons.